The minimum absolute atomic E-state index is 0.00161. The molecular formula is C18H16N2O2. The van der Waals surface area contributed by atoms with Crippen LogP contribution in [0.25, 0.3) is 10.8 Å². The summed E-state index contributed by atoms with van der Waals surface area (Å²) in [6, 6.07) is 14.7. The maximum absolute atomic E-state index is 12.6. The molecule has 22 heavy (non-hydrogen) atoms. The molecule has 0 saturated carbocycles. The average Bonchev–Trinajstić information content (AvgIpc) is 2.54. The van der Waals surface area contributed by atoms with Gasteiger partial charge >= 0.3 is 0 Å². The fourth-order valence-electron chi connectivity index (χ4n) is 2.44. The maximum atomic E-state index is 12.6. The molecule has 2 aromatic carbocycles. The van der Waals surface area contributed by atoms with Gasteiger partial charge in [-0.3, -0.25) is 9.78 Å². The Morgan fingerprint density at radius 1 is 1.14 bits per heavy atom. The second-order valence-electron chi connectivity index (χ2n) is 5.24. The van der Waals surface area contributed by atoms with Crippen LogP contribution in [0, 0.1) is 0 Å². The van der Waals surface area contributed by atoms with E-state index in [1.165, 1.54) is 0 Å². The summed E-state index contributed by atoms with van der Waals surface area (Å²) in [6.07, 6.45) is 3.42. The van der Waals surface area contributed by atoms with Crippen LogP contribution >= 0.6 is 0 Å². The third-order valence-electron chi connectivity index (χ3n) is 3.58. The van der Waals surface area contributed by atoms with Gasteiger partial charge in [-0.1, -0.05) is 30.3 Å². The van der Waals surface area contributed by atoms with Crippen LogP contribution in [0.3, 0.4) is 0 Å². The van der Waals surface area contributed by atoms with E-state index in [4.69, 9.17) is 0 Å². The summed E-state index contributed by atoms with van der Waals surface area (Å²) in [5.41, 5.74) is 1.25. The number of amides is 1. The number of aromatic hydroxyl groups is 1. The predicted molar refractivity (Wildman–Crippen MR) is 85.6 cm³/mol. The van der Waals surface area contributed by atoms with Crippen LogP contribution in [-0.2, 0) is 6.54 Å². The molecule has 4 heteroatoms. The molecule has 0 unspecified atom stereocenters. The fourth-order valence-corrected chi connectivity index (χ4v) is 2.44. The zero-order valence-corrected chi connectivity index (χ0v) is 12.2. The summed E-state index contributed by atoms with van der Waals surface area (Å²) in [4.78, 5) is 18.2. The van der Waals surface area contributed by atoms with E-state index in [0.717, 1.165) is 16.3 Å². The van der Waals surface area contributed by atoms with Crippen molar-refractivity contribution in [2.24, 2.45) is 0 Å². The smallest absolute Gasteiger partial charge is 0.257 e. The van der Waals surface area contributed by atoms with Gasteiger partial charge in [0, 0.05) is 26.0 Å². The molecule has 0 saturated heterocycles. The molecule has 0 aliphatic heterocycles. The van der Waals surface area contributed by atoms with Crippen molar-refractivity contribution in [1.29, 1.82) is 0 Å². The summed E-state index contributed by atoms with van der Waals surface area (Å²) in [7, 11) is 1.71. The molecule has 3 rings (SSSR count). The van der Waals surface area contributed by atoms with Gasteiger partial charge < -0.3 is 10.0 Å². The lowest BCUT2D eigenvalue weighted by molar-refractivity contribution is 0.0782. The van der Waals surface area contributed by atoms with Gasteiger partial charge in [-0.05, 0) is 34.5 Å². The highest BCUT2D eigenvalue weighted by Gasteiger charge is 2.17. The first-order chi connectivity index (χ1) is 10.6. The number of rotatable bonds is 3. The van der Waals surface area contributed by atoms with Crippen LogP contribution in [0.15, 0.2) is 60.9 Å². The summed E-state index contributed by atoms with van der Waals surface area (Å²) >= 11 is 0. The van der Waals surface area contributed by atoms with Crippen molar-refractivity contribution in [2.75, 3.05) is 7.05 Å². The first-order valence-corrected chi connectivity index (χ1v) is 7.01. The molecule has 0 spiro atoms. The molecule has 0 fully saturated rings. The topological polar surface area (TPSA) is 53.4 Å². The van der Waals surface area contributed by atoms with Gasteiger partial charge in [-0.2, -0.15) is 0 Å². The fraction of sp³-hybridized carbons (Fsp3) is 0.111. The Morgan fingerprint density at radius 3 is 2.55 bits per heavy atom. The zero-order chi connectivity index (χ0) is 15.5. The van der Waals surface area contributed by atoms with Crippen LogP contribution in [0.5, 0.6) is 5.75 Å². The molecule has 0 aliphatic rings. The third kappa shape index (κ3) is 2.76. The number of carbonyl (C=O) groups is 1. The molecule has 0 bridgehead atoms. The summed E-state index contributed by atoms with van der Waals surface area (Å²) in [5.74, 6) is -0.214. The number of hydrogen-bond donors (Lipinski definition) is 1. The number of hydrogen-bond acceptors (Lipinski definition) is 3. The lowest BCUT2D eigenvalue weighted by Gasteiger charge is -2.18. The number of phenolic OH excluding ortho intramolecular Hbond substituents is 1. The Labute approximate surface area is 128 Å². The lowest BCUT2D eigenvalue weighted by Crippen LogP contribution is -2.26. The number of carbonyl (C=O) groups excluding carboxylic acids is 1. The average molecular weight is 292 g/mol. The van der Waals surface area contributed by atoms with E-state index >= 15 is 0 Å². The second-order valence-corrected chi connectivity index (χ2v) is 5.24. The first-order valence-electron chi connectivity index (χ1n) is 7.01. The second kappa shape index (κ2) is 5.85. The van der Waals surface area contributed by atoms with Gasteiger partial charge in [0.25, 0.3) is 5.91 Å². The Kier molecular flexibility index (Phi) is 3.74. The van der Waals surface area contributed by atoms with Crippen molar-refractivity contribution in [3.8, 4) is 5.75 Å². The van der Waals surface area contributed by atoms with Crippen molar-refractivity contribution >= 4 is 16.7 Å². The van der Waals surface area contributed by atoms with Gasteiger partial charge in [-0.25, -0.2) is 0 Å². The molecule has 1 aromatic heterocycles. The number of aromatic nitrogens is 1. The monoisotopic (exact) mass is 292 g/mol. The third-order valence-corrected chi connectivity index (χ3v) is 3.58. The van der Waals surface area contributed by atoms with Gasteiger partial charge in [0.15, 0.2) is 0 Å². The van der Waals surface area contributed by atoms with E-state index in [1.54, 1.807) is 36.5 Å². The molecule has 0 atom stereocenters. The van der Waals surface area contributed by atoms with E-state index in [-0.39, 0.29) is 11.7 Å². The molecule has 1 amide bonds. The highest BCUT2D eigenvalue weighted by Crippen LogP contribution is 2.26. The van der Waals surface area contributed by atoms with E-state index in [1.807, 2.05) is 36.4 Å². The van der Waals surface area contributed by atoms with Crippen LogP contribution in [-0.4, -0.2) is 27.9 Å². The Morgan fingerprint density at radius 2 is 1.86 bits per heavy atom. The Hall–Kier alpha value is -2.88. The Balaban J connectivity index is 1.89. The summed E-state index contributed by atoms with van der Waals surface area (Å²) in [5, 5.41) is 12.0. The molecule has 3 aromatic rings. The molecule has 4 nitrogen and oxygen atoms in total. The Bertz CT molecular complexity index is 816. The van der Waals surface area contributed by atoms with Crippen LogP contribution < -0.4 is 0 Å². The SMILES string of the molecule is CN(Cc1cccnc1)C(=O)c1cc2ccccc2cc1O. The molecule has 1 N–H and O–H groups in total. The first kappa shape index (κ1) is 14.1. The van der Waals surface area contributed by atoms with Gasteiger partial charge in [-0.15, -0.1) is 0 Å². The van der Waals surface area contributed by atoms with Crippen LogP contribution in [0.2, 0.25) is 0 Å². The van der Waals surface area contributed by atoms with Crippen LogP contribution in [0.4, 0.5) is 0 Å². The van der Waals surface area contributed by atoms with Crippen molar-refractivity contribution < 1.29 is 9.90 Å². The minimum atomic E-state index is -0.216. The van der Waals surface area contributed by atoms with Gasteiger partial charge in [0.2, 0.25) is 0 Å². The molecule has 0 aliphatic carbocycles. The van der Waals surface area contributed by atoms with Crippen molar-refractivity contribution in [1.82, 2.24) is 9.88 Å². The van der Waals surface area contributed by atoms with Crippen LogP contribution in [0.1, 0.15) is 15.9 Å². The summed E-state index contributed by atoms with van der Waals surface area (Å²) < 4.78 is 0. The lowest BCUT2D eigenvalue weighted by atomic mass is 10.0. The van der Waals surface area contributed by atoms with Gasteiger partial charge in [0.05, 0.1) is 5.56 Å². The van der Waals surface area contributed by atoms with Crippen molar-refractivity contribution in [3.63, 3.8) is 0 Å². The van der Waals surface area contributed by atoms with E-state index in [2.05, 4.69) is 4.98 Å². The number of nitrogens with zero attached hydrogens (tertiary/aromatic N) is 2. The standard InChI is InChI=1S/C18H16N2O2/c1-20(12-13-5-4-8-19-11-13)18(22)16-9-14-6-2-3-7-15(14)10-17(16)21/h2-11,21H,12H2,1H3. The molecule has 1 heterocycles. The largest absolute Gasteiger partial charge is 0.507 e. The van der Waals surface area contributed by atoms with E-state index < -0.39 is 0 Å². The molecule has 110 valence electrons. The number of phenols is 1. The van der Waals surface area contributed by atoms with Gasteiger partial charge in [0.1, 0.15) is 5.75 Å². The molecule has 0 radical (unpaired) electrons. The minimum Gasteiger partial charge on any atom is -0.507 e. The molecular weight excluding hydrogens is 276 g/mol. The normalized spacial score (nSPS) is 10.6. The summed E-state index contributed by atoms with van der Waals surface area (Å²) in [6.45, 7) is 0.443. The number of benzene rings is 2. The quantitative estimate of drug-likeness (QED) is 0.806. The predicted octanol–water partition coefficient (Wildman–Crippen LogP) is 3.21. The van der Waals surface area contributed by atoms with E-state index in [0.29, 0.717) is 12.1 Å². The number of pyridine rings is 1. The number of fused-ring (bicyclic) bond motifs is 1. The highest BCUT2D eigenvalue weighted by molar-refractivity contribution is 6.01. The zero-order valence-electron chi connectivity index (χ0n) is 12.2. The van der Waals surface area contributed by atoms with Crippen molar-refractivity contribution in [2.45, 2.75) is 6.54 Å². The maximum Gasteiger partial charge on any atom is 0.257 e. The highest BCUT2D eigenvalue weighted by atomic mass is 16.3. The van der Waals surface area contributed by atoms with E-state index in [9.17, 15) is 9.90 Å². The van der Waals surface area contributed by atoms with Crippen molar-refractivity contribution in [3.05, 3.63) is 72.1 Å².